The van der Waals surface area contributed by atoms with Gasteiger partial charge in [-0.2, -0.15) is 0 Å². The summed E-state index contributed by atoms with van der Waals surface area (Å²) in [5.74, 6) is -0.0881. The molecule has 1 N–H and O–H groups in total. The van der Waals surface area contributed by atoms with Gasteiger partial charge in [0.1, 0.15) is 5.70 Å². The fourth-order valence-corrected chi connectivity index (χ4v) is 2.17. The predicted molar refractivity (Wildman–Crippen MR) is 90.0 cm³/mol. The predicted octanol–water partition coefficient (Wildman–Crippen LogP) is 4.47. The number of aryl methyl sites for hydroxylation is 1. The number of carbonyl (C=O) groups is 1. The molecular weight excluding hydrogens is 260 g/mol. The first-order chi connectivity index (χ1) is 10.0. The lowest BCUT2D eigenvalue weighted by Gasteiger charge is -2.27. The maximum absolute atomic E-state index is 12.6. The maximum atomic E-state index is 12.6. The van der Waals surface area contributed by atoms with E-state index < -0.39 is 0 Å². The molecule has 1 amide bonds. The first-order valence-corrected chi connectivity index (χ1v) is 7.53. The molecule has 0 atom stereocenters. The molecule has 0 saturated heterocycles. The monoisotopic (exact) mass is 286 g/mol. The molecular formula is C18H26N2O. The Morgan fingerprint density at radius 3 is 2.52 bits per heavy atom. The summed E-state index contributed by atoms with van der Waals surface area (Å²) in [5, 5.41) is 2.99. The van der Waals surface area contributed by atoms with Crippen LogP contribution < -0.4 is 5.32 Å². The number of anilines is 1. The zero-order chi connectivity index (χ0) is 15.8. The summed E-state index contributed by atoms with van der Waals surface area (Å²) in [6.45, 7) is 12.9. The van der Waals surface area contributed by atoms with Gasteiger partial charge >= 0.3 is 0 Å². The van der Waals surface area contributed by atoms with Crippen molar-refractivity contribution in [3.8, 4) is 0 Å². The molecule has 21 heavy (non-hydrogen) atoms. The van der Waals surface area contributed by atoms with Crippen LogP contribution in [-0.4, -0.2) is 17.4 Å². The van der Waals surface area contributed by atoms with E-state index >= 15 is 0 Å². The SMILES string of the molecule is C=C(CC)N(CCC)/C(=C\C)C(=O)Nc1ccccc1C. The van der Waals surface area contributed by atoms with Gasteiger partial charge in [0.15, 0.2) is 0 Å². The molecule has 3 nitrogen and oxygen atoms in total. The zero-order valence-electron chi connectivity index (χ0n) is 13.6. The number of hydrogen-bond donors (Lipinski definition) is 1. The molecule has 0 aromatic heterocycles. The summed E-state index contributed by atoms with van der Waals surface area (Å²) in [6.07, 6.45) is 3.65. The number of nitrogens with zero attached hydrogens (tertiary/aromatic N) is 1. The highest BCUT2D eigenvalue weighted by Gasteiger charge is 2.18. The van der Waals surface area contributed by atoms with E-state index in [9.17, 15) is 4.79 Å². The first-order valence-electron chi connectivity index (χ1n) is 7.53. The molecule has 0 unspecified atom stereocenters. The van der Waals surface area contributed by atoms with Gasteiger partial charge in [-0.1, -0.05) is 44.7 Å². The Bertz CT molecular complexity index is 532. The Labute approximate surface area is 128 Å². The standard InChI is InChI=1S/C18H26N2O/c1-6-13-20(15(5)7-2)17(8-3)18(21)19-16-12-10-9-11-14(16)4/h8-12H,5-7,13H2,1-4H3,(H,19,21)/b17-8-. The highest BCUT2D eigenvalue weighted by atomic mass is 16.2. The summed E-state index contributed by atoms with van der Waals surface area (Å²) < 4.78 is 0. The average Bonchev–Trinajstić information content (AvgIpc) is 2.48. The van der Waals surface area contributed by atoms with Crippen molar-refractivity contribution in [2.24, 2.45) is 0 Å². The van der Waals surface area contributed by atoms with Gasteiger partial charge in [-0.3, -0.25) is 4.79 Å². The second kappa shape index (κ2) is 8.30. The number of carbonyl (C=O) groups excluding carboxylic acids is 1. The largest absolute Gasteiger partial charge is 0.342 e. The summed E-state index contributed by atoms with van der Waals surface area (Å²) in [4.78, 5) is 14.6. The van der Waals surface area contributed by atoms with Gasteiger partial charge in [0.25, 0.3) is 5.91 Å². The van der Waals surface area contributed by atoms with Crippen LogP contribution in [0.1, 0.15) is 39.2 Å². The van der Waals surface area contributed by atoms with Crippen molar-refractivity contribution in [2.45, 2.75) is 40.5 Å². The first kappa shape index (κ1) is 17.0. The van der Waals surface area contributed by atoms with Crippen molar-refractivity contribution in [1.29, 1.82) is 0 Å². The molecule has 1 aromatic carbocycles. The molecule has 0 spiro atoms. The van der Waals surface area contributed by atoms with Gasteiger partial charge < -0.3 is 10.2 Å². The molecule has 0 saturated carbocycles. The van der Waals surface area contributed by atoms with Gasteiger partial charge in [0.2, 0.25) is 0 Å². The van der Waals surface area contributed by atoms with Crippen molar-refractivity contribution >= 4 is 11.6 Å². The van der Waals surface area contributed by atoms with Crippen molar-refractivity contribution in [3.63, 3.8) is 0 Å². The van der Waals surface area contributed by atoms with Gasteiger partial charge in [-0.05, 0) is 38.3 Å². The highest BCUT2D eigenvalue weighted by molar-refractivity contribution is 6.03. The third kappa shape index (κ3) is 4.48. The van der Waals surface area contributed by atoms with Crippen LogP contribution in [0.4, 0.5) is 5.69 Å². The molecule has 0 aliphatic rings. The summed E-state index contributed by atoms with van der Waals surface area (Å²) in [7, 11) is 0. The van der Waals surface area contributed by atoms with E-state index in [2.05, 4.69) is 25.7 Å². The van der Waals surface area contributed by atoms with Crippen LogP contribution in [0.15, 0.2) is 48.3 Å². The molecule has 114 valence electrons. The fraction of sp³-hybridized carbons (Fsp3) is 0.389. The number of hydrogen-bond acceptors (Lipinski definition) is 2. The number of benzene rings is 1. The third-order valence-corrected chi connectivity index (χ3v) is 3.43. The van der Waals surface area contributed by atoms with Crippen LogP contribution >= 0.6 is 0 Å². The Kier molecular flexibility index (Phi) is 6.73. The molecule has 0 heterocycles. The second-order valence-corrected chi connectivity index (χ2v) is 5.01. The van der Waals surface area contributed by atoms with E-state index in [1.807, 2.05) is 49.1 Å². The van der Waals surface area contributed by atoms with Crippen molar-refractivity contribution in [3.05, 3.63) is 53.9 Å². The van der Waals surface area contributed by atoms with Gasteiger partial charge in [-0.15, -0.1) is 0 Å². The lowest BCUT2D eigenvalue weighted by Crippen LogP contribution is -2.31. The molecule has 1 aromatic rings. The quantitative estimate of drug-likeness (QED) is 0.750. The topological polar surface area (TPSA) is 32.3 Å². The van der Waals surface area contributed by atoms with Crippen molar-refractivity contribution in [2.75, 3.05) is 11.9 Å². The number of amides is 1. The second-order valence-electron chi connectivity index (χ2n) is 5.01. The lowest BCUT2D eigenvalue weighted by atomic mass is 10.2. The number of allylic oxidation sites excluding steroid dienone is 2. The van der Waals surface area contributed by atoms with E-state index in [1.165, 1.54) is 0 Å². The molecule has 1 rings (SSSR count). The summed E-state index contributed by atoms with van der Waals surface area (Å²) in [6, 6.07) is 7.79. The van der Waals surface area contributed by atoms with Crippen LogP contribution in [-0.2, 0) is 4.79 Å². The molecule has 0 fully saturated rings. The third-order valence-electron chi connectivity index (χ3n) is 3.43. The Hall–Kier alpha value is -2.03. The van der Waals surface area contributed by atoms with E-state index in [-0.39, 0.29) is 5.91 Å². The van der Waals surface area contributed by atoms with E-state index in [0.717, 1.165) is 36.3 Å². The van der Waals surface area contributed by atoms with Crippen LogP contribution in [0, 0.1) is 6.92 Å². The zero-order valence-corrected chi connectivity index (χ0v) is 13.6. The Morgan fingerprint density at radius 1 is 1.33 bits per heavy atom. The van der Waals surface area contributed by atoms with Gasteiger partial charge in [0, 0.05) is 17.9 Å². The smallest absolute Gasteiger partial charge is 0.271 e. The molecule has 0 aliphatic carbocycles. The highest BCUT2D eigenvalue weighted by Crippen LogP contribution is 2.19. The lowest BCUT2D eigenvalue weighted by molar-refractivity contribution is -0.114. The molecule has 0 bridgehead atoms. The average molecular weight is 286 g/mol. The van der Waals surface area contributed by atoms with E-state index in [1.54, 1.807) is 0 Å². The van der Waals surface area contributed by atoms with E-state index in [4.69, 9.17) is 0 Å². The normalized spacial score (nSPS) is 11.1. The minimum Gasteiger partial charge on any atom is -0.342 e. The van der Waals surface area contributed by atoms with Crippen molar-refractivity contribution < 1.29 is 4.79 Å². The van der Waals surface area contributed by atoms with Gasteiger partial charge in [-0.25, -0.2) is 0 Å². The van der Waals surface area contributed by atoms with Crippen LogP contribution in [0.2, 0.25) is 0 Å². The van der Waals surface area contributed by atoms with Crippen LogP contribution in [0.3, 0.4) is 0 Å². The van der Waals surface area contributed by atoms with E-state index in [0.29, 0.717) is 5.70 Å². The Morgan fingerprint density at radius 2 is 2.00 bits per heavy atom. The number of rotatable bonds is 7. The maximum Gasteiger partial charge on any atom is 0.271 e. The Balaban J connectivity index is 2.95. The van der Waals surface area contributed by atoms with Crippen LogP contribution in [0.5, 0.6) is 0 Å². The minimum atomic E-state index is -0.0881. The summed E-state index contributed by atoms with van der Waals surface area (Å²) in [5.41, 5.74) is 3.52. The molecule has 0 radical (unpaired) electrons. The van der Waals surface area contributed by atoms with Crippen molar-refractivity contribution in [1.82, 2.24) is 4.90 Å². The number of para-hydroxylation sites is 1. The minimum absolute atomic E-state index is 0.0881. The van der Waals surface area contributed by atoms with Gasteiger partial charge in [0.05, 0.1) is 0 Å². The molecule has 3 heteroatoms. The summed E-state index contributed by atoms with van der Waals surface area (Å²) >= 11 is 0. The fourth-order valence-electron chi connectivity index (χ4n) is 2.17. The van der Waals surface area contributed by atoms with Crippen LogP contribution in [0.25, 0.3) is 0 Å². The number of nitrogens with one attached hydrogen (secondary N) is 1. The molecule has 0 aliphatic heterocycles.